The molecule has 1 aromatic carbocycles. The molecular formula is C16H23N3O2. The van der Waals surface area contributed by atoms with E-state index in [0.29, 0.717) is 11.7 Å². The zero-order valence-corrected chi connectivity index (χ0v) is 13.1. The fourth-order valence-corrected chi connectivity index (χ4v) is 2.46. The molecule has 0 aliphatic heterocycles. The van der Waals surface area contributed by atoms with Gasteiger partial charge in [-0.25, -0.2) is 0 Å². The van der Waals surface area contributed by atoms with Crippen LogP contribution >= 0.6 is 0 Å². The fraction of sp³-hybridized carbons (Fsp3) is 0.438. The summed E-state index contributed by atoms with van der Waals surface area (Å²) in [6, 6.07) is 5.98. The molecule has 0 spiro atoms. The van der Waals surface area contributed by atoms with Crippen LogP contribution in [0.2, 0.25) is 0 Å². The van der Waals surface area contributed by atoms with Crippen LogP contribution in [0.25, 0.3) is 11.3 Å². The molecule has 21 heavy (non-hydrogen) atoms. The van der Waals surface area contributed by atoms with Crippen LogP contribution in [0.3, 0.4) is 0 Å². The van der Waals surface area contributed by atoms with Crippen LogP contribution < -0.4 is 15.2 Å². The van der Waals surface area contributed by atoms with Gasteiger partial charge in [0.25, 0.3) is 0 Å². The smallest absolute Gasteiger partial charge is 0.128 e. The van der Waals surface area contributed by atoms with Crippen LogP contribution in [0.1, 0.15) is 32.7 Å². The summed E-state index contributed by atoms with van der Waals surface area (Å²) in [7, 11) is 3.27. The summed E-state index contributed by atoms with van der Waals surface area (Å²) in [5, 5.41) is 4.66. The van der Waals surface area contributed by atoms with E-state index in [1.54, 1.807) is 14.2 Å². The maximum absolute atomic E-state index is 6.16. The summed E-state index contributed by atoms with van der Waals surface area (Å²) in [5.74, 6) is 1.49. The topological polar surface area (TPSA) is 62.3 Å². The molecule has 0 aliphatic carbocycles. The summed E-state index contributed by atoms with van der Waals surface area (Å²) in [4.78, 5) is 0. The van der Waals surface area contributed by atoms with E-state index in [2.05, 4.69) is 18.9 Å². The number of hydrogen-bond acceptors (Lipinski definition) is 4. The molecule has 5 nitrogen and oxygen atoms in total. The van der Waals surface area contributed by atoms with Crippen LogP contribution in [0.15, 0.2) is 24.4 Å². The summed E-state index contributed by atoms with van der Waals surface area (Å²) < 4.78 is 12.6. The second-order valence-corrected chi connectivity index (χ2v) is 4.95. The first kappa shape index (κ1) is 15.2. The lowest BCUT2D eigenvalue weighted by Gasteiger charge is -2.12. The van der Waals surface area contributed by atoms with Crippen molar-refractivity contribution in [3.8, 4) is 22.8 Å². The van der Waals surface area contributed by atoms with E-state index in [4.69, 9.17) is 15.2 Å². The Labute approximate surface area is 125 Å². The fourth-order valence-electron chi connectivity index (χ4n) is 2.46. The van der Waals surface area contributed by atoms with E-state index in [0.717, 1.165) is 35.6 Å². The number of nitrogen functional groups attached to an aromatic ring is 1. The Morgan fingerprint density at radius 2 is 1.90 bits per heavy atom. The number of aromatic nitrogens is 2. The second kappa shape index (κ2) is 6.52. The van der Waals surface area contributed by atoms with Gasteiger partial charge in [0.15, 0.2) is 0 Å². The normalized spacial score (nSPS) is 10.9. The first-order valence-corrected chi connectivity index (χ1v) is 7.21. The zero-order valence-electron chi connectivity index (χ0n) is 13.1. The molecule has 2 rings (SSSR count). The number of nitrogens with two attached hydrogens (primary N) is 1. The Bertz CT molecular complexity index is 604. The van der Waals surface area contributed by atoms with Gasteiger partial charge < -0.3 is 15.2 Å². The van der Waals surface area contributed by atoms with Crippen molar-refractivity contribution in [2.75, 3.05) is 20.0 Å². The van der Waals surface area contributed by atoms with Crippen molar-refractivity contribution in [2.45, 2.75) is 32.7 Å². The highest BCUT2D eigenvalue weighted by Gasteiger charge is 2.17. The summed E-state index contributed by atoms with van der Waals surface area (Å²) in [6.45, 7) is 4.30. The summed E-state index contributed by atoms with van der Waals surface area (Å²) in [6.07, 6.45) is 3.94. The van der Waals surface area contributed by atoms with Gasteiger partial charge in [0, 0.05) is 11.8 Å². The molecule has 0 saturated heterocycles. The predicted octanol–water partition coefficient (Wildman–Crippen LogP) is 3.51. The van der Waals surface area contributed by atoms with Gasteiger partial charge in [-0.15, -0.1) is 0 Å². The SMILES string of the molecule is CCC(CC)n1cc(N)c(-c2cc(OC)ccc2OC)n1. The van der Waals surface area contributed by atoms with Crippen molar-refractivity contribution < 1.29 is 9.47 Å². The van der Waals surface area contributed by atoms with Gasteiger partial charge in [-0.1, -0.05) is 13.8 Å². The number of benzene rings is 1. The lowest BCUT2D eigenvalue weighted by molar-refractivity contribution is 0.404. The third kappa shape index (κ3) is 2.96. The molecule has 1 heterocycles. The minimum Gasteiger partial charge on any atom is -0.497 e. The van der Waals surface area contributed by atoms with Crippen molar-refractivity contribution in [1.82, 2.24) is 9.78 Å². The van der Waals surface area contributed by atoms with Gasteiger partial charge in [0.1, 0.15) is 17.2 Å². The second-order valence-electron chi connectivity index (χ2n) is 4.95. The number of hydrogen-bond donors (Lipinski definition) is 1. The van der Waals surface area contributed by atoms with Gasteiger partial charge in [0.05, 0.1) is 25.9 Å². The van der Waals surface area contributed by atoms with Gasteiger partial charge in [-0.3, -0.25) is 4.68 Å². The molecule has 0 aliphatic rings. The number of ether oxygens (including phenoxy) is 2. The van der Waals surface area contributed by atoms with Crippen molar-refractivity contribution in [2.24, 2.45) is 0 Å². The largest absolute Gasteiger partial charge is 0.497 e. The van der Waals surface area contributed by atoms with E-state index < -0.39 is 0 Å². The third-order valence-corrected chi connectivity index (χ3v) is 3.74. The molecule has 0 amide bonds. The van der Waals surface area contributed by atoms with Crippen molar-refractivity contribution in [1.29, 1.82) is 0 Å². The number of methoxy groups -OCH3 is 2. The average molecular weight is 289 g/mol. The summed E-state index contributed by atoms with van der Waals surface area (Å²) in [5.41, 5.74) is 8.38. The van der Waals surface area contributed by atoms with E-state index >= 15 is 0 Å². The molecule has 0 atom stereocenters. The van der Waals surface area contributed by atoms with E-state index in [-0.39, 0.29) is 0 Å². The third-order valence-electron chi connectivity index (χ3n) is 3.74. The highest BCUT2D eigenvalue weighted by atomic mass is 16.5. The molecule has 2 N–H and O–H groups in total. The summed E-state index contributed by atoms with van der Waals surface area (Å²) >= 11 is 0. The standard InChI is InChI=1S/C16H23N3O2/c1-5-11(6-2)19-10-14(17)16(18-19)13-9-12(20-3)7-8-15(13)21-4/h7-11H,5-6,17H2,1-4H3. The molecule has 0 unspecified atom stereocenters. The van der Waals surface area contributed by atoms with Gasteiger partial charge in [0.2, 0.25) is 0 Å². The Morgan fingerprint density at radius 3 is 2.48 bits per heavy atom. The number of nitrogens with zero attached hydrogens (tertiary/aromatic N) is 2. The van der Waals surface area contributed by atoms with Crippen molar-refractivity contribution >= 4 is 5.69 Å². The van der Waals surface area contributed by atoms with Crippen molar-refractivity contribution in [3.63, 3.8) is 0 Å². The van der Waals surface area contributed by atoms with Crippen LogP contribution in [0, 0.1) is 0 Å². The first-order valence-electron chi connectivity index (χ1n) is 7.21. The van der Waals surface area contributed by atoms with Crippen LogP contribution in [0.5, 0.6) is 11.5 Å². The Balaban J connectivity index is 2.51. The predicted molar refractivity (Wildman–Crippen MR) is 84.8 cm³/mol. The van der Waals surface area contributed by atoms with Gasteiger partial charge in [-0.2, -0.15) is 5.10 Å². The molecule has 0 radical (unpaired) electrons. The molecule has 1 aromatic heterocycles. The first-order chi connectivity index (χ1) is 10.1. The lowest BCUT2D eigenvalue weighted by Crippen LogP contribution is -2.07. The van der Waals surface area contributed by atoms with E-state index in [1.807, 2.05) is 29.1 Å². The lowest BCUT2D eigenvalue weighted by atomic mass is 10.1. The number of rotatable bonds is 6. The molecule has 0 bridgehead atoms. The minimum atomic E-state index is 0.359. The average Bonchev–Trinajstić information content (AvgIpc) is 2.89. The van der Waals surface area contributed by atoms with Crippen molar-refractivity contribution in [3.05, 3.63) is 24.4 Å². The molecule has 0 saturated carbocycles. The molecule has 5 heteroatoms. The van der Waals surface area contributed by atoms with Crippen LogP contribution in [0.4, 0.5) is 5.69 Å². The highest BCUT2D eigenvalue weighted by Crippen LogP contribution is 2.36. The quantitative estimate of drug-likeness (QED) is 0.884. The van der Waals surface area contributed by atoms with Gasteiger partial charge in [-0.05, 0) is 31.0 Å². The maximum atomic E-state index is 6.16. The van der Waals surface area contributed by atoms with Crippen LogP contribution in [-0.2, 0) is 0 Å². The zero-order chi connectivity index (χ0) is 15.4. The minimum absolute atomic E-state index is 0.359. The molecular weight excluding hydrogens is 266 g/mol. The Morgan fingerprint density at radius 1 is 1.19 bits per heavy atom. The van der Waals surface area contributed by atoms with E-state index in [9.17, 15) is 0 Å². The Hall–Kier alpha value is -2.17. The molecule has 2 aromatic rings. The van der Waals surface area contributed by atoms with E-state index in [1.165, 1.54) is 0 Å². The van der Waals surface area contributed by atoms with Gasteiger partial charge >= 0.3 is 0 Å². The maximum Gasteiger partial charge on any atom is 0.128 e. The molecule has 0 fully saturated rings. The number of anilines is 1. The monoisotopic (exact) mass is 289 g/mol. The Kier molecular flexibility index (Phi) is 4.73. The van der Waals surface area contributed by atoms with Crippen LogP contribution in [-0.4, -0.2) is 24.0 Å². The highest BCUT2D eigenvalue weighted by molar-refractivity contribution is 5.77. The molecule has 114 valence electrons.